The van der Waals surface area contributed by atoms with Crippen molar-refractivity contribution in [3.63, 3.8) is 0 Å². The van der Waals surface area contributed by atoms with E-state index in [1.54, 1.807) is 0 Å². The summed E-state index contributed by atoms with van der Waals surface area (Å²) in [6.07, 6.45) is 5.08. The van der Waals surface area contributed by atoms with Crippen LogP contribution >= 0.6 is 0 Å². The van der Waals surface area contributed by atoms with E-state index in [0.717, 1.165) is 16.8 Å². The normalized spacial score (nSPS) is 14.0. The molecule has 0 saturated carbocycles. The molecule has 0 aliphatic heterocycles. The summed E-state index contributed by atoms with van der Waals surface area (Å²) in [5, 5.41) is 18.6. The van der Waals surface area contributed by atoms with Gasteiger partial charge < -0.3 is 5.11 Å². The van der Waals surface area contributed by atoms with E-state index in [9.17, 15) is 13.9 Å². The van der Waals surface area contributed by atoms with Crippen molar-refractivity contribution >= 4 is 0 Å². The Hall–Kier alpha value is -2.68. The predicted octanol–water partition coefficient (Wildman–Crippen LogP) is 0.541. The molecule has 3 aromatic rings. The Morgan fingerprint density at radius 1 is 1.10 bits per heavy atom. The first kappa shape index (κ1) is 13.3. The molecule has 0 aliphatic rings. The van der Waals surface area contributed by atoms with Gasteiger partial charge in [0.2, 0.25) is 5.72 Å². The molecule has 1 unspecified atom stereocenters. The molecule has 0 bridgehead atoms. The van der Waals surface area contributed by atoms with E-state index in [1.165, 1.54) is 30.0 Å². The molecule has 0 saturated heterocycles. The van der Waals surface area contributed by atoms with Crippen LogP contribution in [0.2, 0.25) is 0 Å². The lowest BCUT2D eigenvalue weighted by Crippen LogP contribution is -2.40. The molecule has 1 atom stereocenters. The zero-order valence-electron chi connectivity index (χ0n) is 10.6. The molecule has 0 aliphatic carbocycles. The molecule has 0 fully saturated rings. The molecule has 0 spiro atoms. The molecular weight excluding hydrogens is 281 g/mol. The van der Waals surface area contributed by atoms with E-state index in [1.807, 2.05) is 0 Å². The van der Waals surface area contributed by atoms with Gasteiger partial charge in [0.05, 0.1) is 6.54 Å². The SMILES string of the molecule is OC(Cn1cncn1)(c1ccc([18F])cc1F)n1cncn1. The standard InChI is InChI=1S/C12H10F2N6O/c13-9-1-2-10(11(14)3-9)12(21,20-8-16-6-18-20)4-19-7-15-5-17-19/h1-3,5-8,21H,4H2/i13-1. The third-order valence-corrected chi connectivity index (χ3v) is 3.01. The van der Waals surface area contributed by atoms with Gasteiger partial charge in [-0.15, -0.1) is 0 Å². The number of benzene rings is 1. The van der Waals surface area contributed by atoms with Crippen molar-refractivity contribution in [2.24, 2.45) is 0 Å². The van der Waals surface area contributed by atoms with Crippen molar-refractivity contribution in [1.29, 1.82) is 0 Å². The first-order chi connectivity index (χ1) is 10.1. The highest BCUT2D eigenvalue weighted by atomic mass is 19.1. The van der Waals surface area contributed by atoms with E-state index in [4.69, 9.17) is 0 Å². The minimum Gasteiger partial charge on any atom is -0.364 e. The van der Waals surface area contributed by atoms with Crippen LogP contribution in [-0.4, -0.2) is 34.6 Å². The molecule has 2 heterocycles. The molecule has 7 nitrogen and oxygen atoms in total. The van der Waals surface area contributed by atoms with Crippen LogP contribution in [0.25, 0.3) is 0 Å². The number of hydrogen-bond acceptors (Lipinski definition) is 5. The van der Waals surface area contributed by atoms with Crippen molar-refractivity contribution < 1.29 is 13.9 Å². The number of aliphatic hydroxyl groups is 1. The van der Waals surface area contributed by atoms with Crippen LogP contribution in [-0.2, 0) is 12.3 Å². The molecule has 2 aromatic heterocycles. The fourth-order valence-corrected chi connectivity index (χ4v) is 2.03. The maximum Gasteiger partial charge on any atom is 0.208 e. The Morgan fingerprint density at radius 2 is 1.86 bits per heavy atom. The van der Waals surface area contributed by atoms with E-state index < -0.39 is 17.4 Å². The second kappa shape index (κ2) is 5.02. The lowest BCUT2D eigenvalue weighted by Gasteiger charge is -2.28. The van der Waals surface area contributed by atoms with Crippen LogP contribution < -0.4 is 0 Å². The lowest BCUT2D eigenvalue weighted by atomic mass is 10.0. The van der Waals surface area contributed by atoms with Gasteiger partial charge in [-0.05, 0) is 12.1 Å². The molecular formula is C12H10F2N6O. The number of hydrogen-bond donors (Lipinski definition) is 1. The molecule has 9 heteroatoms. The van der Waals surface area contributed by atoms with Crippen molar-refractivity contribution in [2.75, 3.05) is 0 Å². The summed E-state index contributed by atoms with van der Waals surface area (Å²) >= 11 is 0. The van der Waals surface area contributed by atoms with Crippen LogP contribution in [0.3, 0.4) is 0 Å². The Labute approximate surface area is 117 Å². The highest BCUT2D eigenvalue weighted by molar-refractivity contribution is 5.25. The summed E-state index contributed by atoms with van der Waals surface area (Å²) in [6, 6.07) is 2.91. The van der Waals surface area contributed by atoms with Gasteiger partial charge in [-0.25, -0.2) is 28.1 Å². The van der Waals surface area contributed by atoms with Gasteiger partial charge in [-0.2, -0.15) is 10.2 Å². The van der Waals surface area contributed by atoms with Gasteiger partial charge in [0.15, 0.2) is 0 Å². The molecule has 108 valence electrons. The summed E-state index contributed by atoms with van der Waals surface area (Å²) in [4.78, 5) is 7.50. The summed E-state index contributed by atoms with van der Waals surface area (Å²) < 4.78 is 29.5. The average Bonchev–Trinajstić information content (AvgIpc) is 3.11. The summed E-state index contributed by atoms with van der Waals surface area (Å²) in [5.41, 5.74) is -2.06. The highest BCUT2D eigenvalue weighted by Crippen LogP contribution is 2.27. The molecule has 0 amide bonds. The monoisotopic (exact) mass is 291 g/mol. The fourth-order valence-electron chi connectivity index (χ4n) is 2.03. The minimum absolute atomic E-state index is 0.148. The second-order valence-corrected chi connectivity index (χ2v) is 4.37. The lowest BCUT2D eigenvalue weighted by molar-refractivity contribution is -0.0296. The Kier molecular flexibility index (Phi) is 3.18. The number of rotatable bonds is 4. The number of aromatic nitrogens is 6. The van der Waals surface area contributed by atoms with Crippen molar-refractivity contribution in [2.45, 2.75) is 12.3 Å². The van der Waals surface area contributed by atoms with Gasteiger partial charge >= 0.3 is 0 Å². The Morgan fingerprint density at radius 3 is 2.48 bits per heavy atom. The topological polar surface area (TPSA) is 81.6 Å². The number of halogens is 2. The quantitative estimate of drug-likeness (QED) is 0.759. The molecule has 3 rings (SSSR count). The average molecular weight is 291 g/mol. The largest absolute Gasteiger partial charge is 0.364 e. The minimum atomic E-state index is -1.91. The van der Waals surface area contributed by atoms with Crippen LogP contribution in [0.5, 0.6) is 0 Å². The smallest absolute Gasteiger partial charge is 0.208 e. The van der Waals surface area contributed by atoms with E-state index >= 15 is 0 Å². The third-order valence-electron chi connectivity index (χ3n) is 3.01. The van der Waals surface area contributed by atoms with Gasteiger partial charge in [0, 0.05) is 11.6 Å². The maximum absolute atomic E-state index is 14.1. The van der Waals surface area contributed by atoms with E-state index in [-0.39, 0.29) is 12.1 Å². The van der Waals surface area contributed by atoms with Crippen molar-refractivity contribution in [1.82, 2.24) is 29.5 Å². The number of nitrogens with zero attached hydrogens (tertiary/aromatic N) is 6. The Bertz CT molecular complexity index is 730. The van der Waals surface area contributed by atoms with Crippen LogP contribution in [0, 0.1) is 11.6 Å². The van der Waals surface area contributed by atoms with Crippen LogP contribution in [0.4, 0.5) is 8.78 Å². The zero-order valence-corrected chi connectivity index (χ0v) is 10.6. The van der Waals surface area contributed by atoms with E-state index in [2.05, 4.69) is 20.2 Å². The van der Waals surface area contributed by atoms with Crippen LogP contribution in [0.15, 0.2) is 43.5 Å². The summed E-state index contributed by atoms with van der Waals surface area (Å²) in [5.74, 6) is -1.63. The maximum atomic E-state index is 14.1. The first-order valence-corrected chi connectivity index (χ1v) is 5.95. The molecule has 1 aromatic carbocycles. The van der Waals surface area contributed by atoms with E-state index in [0.29, 0.717) is 6.07 Å². The molecule has 21 heavy (non-hydrogen) atoms. The zero-order chi connectivity index (χ0) is 14.9. The van der Waals surface area contributed by atoms with Crippen LogP contribution in [0.1, 0.15) is 5.56 Å². The highest BCUT2D eigenvalue weighted by Gasteiger charge is 2.36. The molecule has 0 radical (unpaired) electrons. The second-order valence-electron chi connectivity index (χ2n) is 4.37. The third kappa shape index (κ3) is 2.38. The van der Waals surface area contributed by atoms with Gasteiger partial charge in [-0.1, -0.05) is 0 Å². The van der Waals surface area contributed by atoms with Crippen molar-refractivity contribution in [3.05, 3.63) is 60.7 Å². The van der Waals surface area contributed by atoms with Gasteiger partial charge in [0.25, 0.3) is 0 Å². The summed E-state index contributed by atoms with van der Waals surface area (Å²) in [7, 11) is 0. The van der Waals surface area contributed by atoms with Gasteiger partial charge in [0.1, 0.15) is 36.9 Å². The Balaban J connectivity index is 2.12. The fraction of sp³-hybridized carbons (Fsp3) is 0.167. The van der Waals surface area contributed by atoms with Gasteiger partial charge in [-0.3, -0.25) is 0 Å². The van der Waals surface area contributed by atoms with Crippen molar-refractivity contribution in [3.8, 4) is 0 Å². The predicted molar refractivity (Wildman–Crippen MR) is 65.7 cm³/mol. The first-order valence-electron chi connectivity index (χ1n) is 5.95. The molecule has 1 N–H and O–H groups in total. The summed E-state index contributed by atoms with van der Waals surface area (Å²) in [6.45, 7) is -0.168.